The van der Waals surface area contributed by atoms with Crippen LogP contribution in [0.4, 0.5) is 0 Å². The predicted octanol–water partition coefficient (Wildman–Crippen LogP) is 4.34. The normalized spacial score (nSPS) is 34.1. The number of carbonyl (C=O) groups is 1. The summed E-state index contributed by atoms with van der Waals surface area (Å²) in [6.07, 6.45) is 9.78. The molecule has 0 aliphatic heterocycles. The number of carboxylic acids is 1. The van der Waals surface area contributed by atoms with Crippen LogP contribution in [-0.4, -0.2) is 11.1 Å². The molecule has 2 saturated carbocycles. The topological polar surface area (TPSA) is 37.3 Å². The van der Waals surface area contributed by atoms with Gasteiger partial charge in [-0.05, 0) is 49.4 Å². The highest BCUT2D eigenvalue weighted by atomic mass is 16.4. The lowest BCUT2D eigenvalue weighted by Gasteiger charge is -2.37. The number of aliphatic carboxylic acids is 1. The van der Waals surface area contributed by atoms with Gasteiger partial charge in [0.2, 0.25) is 0 Å². The van der Waals surface area contributed by atoms with E-state index in [9.17, 15) is 9.90 Å². The van der Waals surface area contributed by atoms with Gasteiger partial charge < -0.3 is 5.11 Å². The summed E-state index contributed by atoms with van der Waals surface area (Å²) in [5.41, 5.74) is 0. The Hall–Kier alpha value is -0.530. The zero-order chi connectivity index (χ0) is 13.1. The highest BCUT2D eigenvalue weighted by Crippen LogP contribution is 2.43. The van der Waals surface area contributed by atoms with Gasteiger partial charge in [-0.15, -0.1) is 0 Å². The van der Waals surface area contributed by atoms with Gasteiger partial charge in [-0.25, -0.2) is 0 Å². The Balaban J connectivity index is 1.97. The molecule has 0 bridgehead atoms. The lowest BCUT2D eigenvalue weighted by atomic mass is 9.68. The van der Waals surface area contributed by atoms with Crippen molar-refractivity contribution in [3.63, 3.8) is 0 Å². The van der Waals surface area contributed by atoms with Crippen molar-refractivity contribution >= 4 is 5.97 Å². The molecule has 104 valence electrons. The van der Waals surface area contributed by atoms with Gasteiger partial charge in [0, 0.05) is 0 Å². The van der Waals surface area contributed by atoms with Crippen molar-refractivity contribution in [1.29, 1.82) is 0 Å². The Morgan fingerprint density at radius 2 is 1.83 bits per heavy atom. The maximum Gasteiger partial charge on any atom is 0.306 e. The van der Waals surface area contributed by atoms with Crippen molar-refractivity contribution < 1.29 is 9.90 Å². The Labute approximate surface area is 111 Å². The molecule has 0 aromatic heterocycles. The molecule has 2 fully saturated rings. The van der Waals surface area contributed by atoms with E-state index in [4.69, 9.17) is 0 Å². The zero-order valence-corrected chi connectivity index (χ0v) is 11.9. The summed E-state index contributed by atoms with van der Waals surface area (Å²) < 4.78 is 0. The summed E-state index contributed by atoms with van der Waals surface area (Å²) in [5, 5.41) is 9.41. The first-order valence-electron chi connectivity index (χ1n) is 7.80. The lowest BCUT2D eigenvalue weighted by Crippen LogP contribution is -2.33. The fourth-order valence-electron chi connectivity index (χ4n) is 4.17. The van der Waals surface area contributed by atoms with Crippen molar-refractivity contribution in [2.24, 2.45) is 29.6 Å². The van der Waals surface area contributed by atoms with E-state index >= 15 is 0 Å². The average Bonchev–Trinajstić information content (AvgIpc) is 2.81. The molecule has 2 nitrogen and oxygen atoms in total. The largest absolute Gasteiger partial charge is 0.481 e. The van der Waals surface area contributed by atoms with E-state index in [1.54, 1.807) is 0 Å². The van der Waals surface area contributed by atoms with E-state index in [1.807, 2.05) is 0 Å². The second-order valence-electron chi connectivity index (χ2n) is 6.91. The van der Waals surface area contributed by atoms with Crippen LogP contribution in [-0.2, 0) is 4.79 Å². The van der Waals surface area contributed by atoms with E-state index in [-0.39, 0.29) is 5.92 Å². The monoisotopic (exact) mass is 252 g/mol. The third-order valence-corrected chi connectivity index (χ3v) is 5.39. The van der Waals surface area contributed by atoms with Crippen LogP contribution in [0.2, 0.25) is 0 Å². The SMILES string of the molecule is CC(C)C1CCC(C(=O)O)C(CC2CCCC2)C1. The van der Waals surface area contributed by atoms with Crippen LogP contribution in [0.1, 0.15) is 65.2 Å². The van der Waals surface area contributed by atoms with Crippen LogP contribution < -0.4 is 0 Å². The Bertz CT molecular complexity index is 277. The number of hydrogen-bond acceptors (Lipinski definition) is 1. The molecule has 0 saturated heterocycles. The minimum absolute atomic E-state index is 0.0550. The maximum atomic E-state index is 11.4. The summed E-state index contributed by atoms with van der Waals surface area (Å²) in [5.74, 6) is 2.15. The highest BCUT2D eigenvalue weighted by molar-refractivity contribution is 5.70. The third kappa shape index (κ3) is 3.27. The summed E-state index contributed by atoms with van der Waals surface area (Å²) in [6.45, 7) is 4.58. The molecule has 0 spiro atoms. The molecule has 2 aliphatic rings. The first-order chi connectivity index (χ1) is 8.58. The first-order valence-corrected chi connectivity index (χ1v) is 7.80. The van der Waals surface area contributed by atoms with Crippen molar-refractivity contribution in [3.05, 3.63) is 0 Å². The lowest BCUT2D eigenvalue weighted by molar-refractivity contribution is -0.146. The molecule has 2 heteroatoms. The smallest absolute Gasteiger partial charge is 0.306 e. The van der Waals surface area contributed by atoms with Crippen LogP contribution in [0.15, 0.2) is 0 Å². The number of hydrogen-bond donors (Lipinski definition) is 1. The van der Waals surface area contributed by atoms with Crippen molar-refractivity contribution in [3.8, 4) is 0 Å². The second-order valence-corrected chi connectivity index (χ2v) is 6.91. The molecular weight excluding hydrogens is 224 g/mol. The standard InChI is InChI=1S/C16H28O2/c1-11(2)13-7-8-15(16(17)18)14(10-13)9-12-5-3-4-6-12/h11-15H,3-10H2,1-2H3,(H,17,18). The van der Waals surface area contributed by atoms with Gasteiger partial charge in [-0.2, -0.15) is 0 Å². The van der Waals surface area contributed by atoms with E-state index in [0.717, 1.165) is 31.1 Å². The molecule has 0 amide bonds. The van der Waals surface area contributed by atoms with E-state index in [1.165, 1.54) is 32.1 Å². The van der Waals surface area contributed by atoms with E-state index in [2.05, 4.69) is 13.8 Å². The molecule has 2 rings (SSSR count). The molecule has 2 aliphatic carbocycles. The third-order valence-electron chi connectivity index (χ3n) is 5.39. The van der Waals surface area contributed by atoms with Crippen molar-refractivity contribution in [1.82, 2.24) is 0 Å². The number of carboxylic acid groups (broad SMARTS) is 1. The Kier molecular flexibility index (Phi) is 4.69. The van der Waals surface area contributed by atoms with Crippen LogP contribution >= 0.6 is 0 Å². The number of rotatable bonds is 4. The van der Waals surface area contributed by atoms with Crippen LogP contribution in [0.3, 0.4) is 0 Å². The van der Waals surface area contributed by atoms with Crippen LogP contribution in [0.25, 0.3) is 0 Å². The van der Waals surface area contributed by atoms with Crippen LogP contribution in [0, 0.1) is 29.6 Å². The zero-order valence-electron chi connectivity index (χ0n) is 11.9. The molecule has 0 radical (unpaired) electrons. The molecule has 1 N–H and O–H groups in total. The van der Waals surface area contributed by atoms with Gasteiger partial charge in [0.1, 0.15) is 0 Å². The average molecular weight is 252 g/mol. The van der Waals surface area contributed by atoms with Gasteiger partial charge in [0.15, 0.2) is 0 Å². The van der Waals surface area contributed by atoms with Gasteiger partial charge in [-0.3, -0.25) is 4.79 Å². The molecule has 0 aromatic carbocycles. The fourth-order valence-corrected chi connectivity index (χ4v) is 4.17. The van der Waals surface area contributed by atoms with Crippen molar-refractivity contribution in [2.75, 3.05) is 0 Å². The summed E-state index contributed by atoms with van der Waals surface area (Å²) in [7, 11) is 0. The summed E-state index contributed by atoms with van der Waals surface area (Å²) in [4.78, 5) is 11.4. The first kappa shape index (κ1) is 13.9. The van der Waals surface area contributed by atoms with Crippen molar-refractivity contribution in [2.45, 2.75) is 65.2 Å². The fraction of sp³-hybridized carbons (Fsp3) is 0.938. The molecule has 3 unspecified atom stereocenters. The second kappa shape index (κ2) is 6.08. The van der Waals surface area contributed by atoms with Gasteiger partial charge in [-0.1, -0.05) is 39.5 Å². The Morgan fingerprint density at radius 1 is 1.17 bits per heavy atom. The quantitative estimate of drug-likeness (QED) is 0.808. The summed E-state index contributed by atoms with van der Waals surface area (Å²) in [6, 6.07) is 0. The summed E-state index contributed by atoms with van der Waals surface area (Å²) >= 11 is 0. The minimum Gasteiger partial charge on any atom is -0.481 e. The molecule has 18 heavy (non-hydrogen) atoms. The maximum absolute atomic E-state index is 11.4. The molecule has 0 heterocycles. The van der Waals surface area contributed by atoms with Gasteiger partial charge in [0.25, 0.3) is 0 Å². The van der Waals surface area contributed by atoms with Crippen LogP contribution in [0.5, 0.6) is 0 Å². The Morgan fingerprint density at radius 3 is 2.39 bits per heavy atom. The van der Waals surface area contributed by atoms with E-state index < -0.39 is 5.97 Å². The van der Waals surface area contributed by atoms with Gasteiger partial charge >= 0.3 is 5.97 Å². The highest BCUT2D eigenvalue weighted by Gasteiger charge is 2.37. The molecule has 0 aromatic rings. The van der Waals surface area contributed by atoms with E-state index in [0.29, 0.717) is 11.8 Å². The predicted molar refractivity (Wildman–Crippen MR) is 73.4 cm³/mol. The molecular formula is C16H28O2. The van der Waals surface area contributed by atoms with Gasteiger partial charge in [0.05, 0.1) is 5.92 Å². The molecule has 3 atom stereocenters. The minimum atomic E-state index is -0.541.